The van der Waals surface area contributed by atoms with E-state index in [0.717, 1.165) is 0 Å². The van der Waals surface area contributed by atoms with E-state index in [1.807, 2.05) is 0 Å². The van der Waals surface area contributed by atoms with Crippen molar-refractivity contribution in [3.63, 3.8) is 0 Å². The maximum absolute atomic E-state index is 3.99. The van der Waals surface area contributed by atoms with Gasteiger partial charge in [0.1, 0.15) is 0 Å². The first kappa shape index (κ1) is 8.12. The van der Waals surface area contributed by atoms with Crippen molar-refractivity contribution < 1.29 is 0 Å². The van der Waals surface area contributed by atoms with E-state index in [1.54, 1.807) is 3.58 Å². The molecule has 53 valence electrons. The summed E-state index contributed by atoms with van der Waals surface area (Å²) in [7, 11) is 0. The van der Waals surface area contributed by atoms with Gasteiger partial charge in [0.2, 0.25) is 0 Å². The van der Waals surface area contributed by atoms with Crippen LogP contribution in [0, 0.1) is 6.92 Å². The van der Waals surface area contributed by atoms with Gasteiger partial charge in [0, 0.05) is 0 Å². The average Bonchev–Trinajstić information content (AvgIpc) is 1.88. The molecule has 0 aliphatic carbocycles. The molecule has 1 heteroatoms. The molecule has 0 aliphatic heterocycles. The van der Waals surface area contributed by atoms with E-state index in [1.165, 1.54) is 5.56 Å². The van der Waals surface area contributed by atoms with Crippen molar-refractivity contribution >= 4 is 23.3 Å². The summed E-state index contributed by atoms with van der Waals surface area (Å²) in [6.07, 6.45) is 0. The Morgan fingerprint density at radius 1 is 1.20 bits per heavy atom. The summed E-state index contributed by atoms with van der Waals surface area (Å²) in [5, 5.41) is 0. The van der Waals surface area contributed by atoms with Crippen LogP contribution in [0.25, 0.3) is 0 Å². The SMILES string of the molecule is [CH2]c1cccc[c]1[SnH]([CH3])[CH3]. The van der Waals surface area contributed by atoms with E-state index in [9.17, 15) is 0 Å². The van der Waals surface area contributed by atoms with E-state index in [4.69, 9.17) is 0 Å². The molecule has 1 rings (SSSR count). The summed E-state index contributed by atoms with van der Waals surface area (Å²) in [5.41, 5.74) is 1.24. The molecule has 0 saturated carbocycles. The minimum atomic E-state index is -1.26. The molecule has 0 heterocycles. The van der Waals surface area contributed by atoms with Gasteiger partial charge in [-0.3, -0.25) is 0 Å². The monoisotopic (exact) mass is 241 g/mol. The fourth-order valence-electron chi connectivity index (χ4n) is 1.10. The average molecular weight is 240 g/mol. The first-order valence-corrected chi connectivity index (χ1v) is 11.9. The standard InChI is InChI=1S/C7H6.2CH3.Sn.H/c1-7-5-3-2-4-6-7;;;;/h2-5H,1H2;2*1H3;;. The maximum atomic E-state index is 3.99. The van der Waals surface area contributed by atoms with Gasteiger partial charge < -0.3 is 0 Å². The number of benzene rings is 1. The zero-order valence-electron chi connectivity index (χ0n) is 6.59. The van der Waals surface area contributed by atoms with Crippen molar-refractivity contribution in [2.45, 2.75) is 9.88 Å². The summed E-state index contributed by atoms with van der Waals surface area (Å²) in [6.45, 7) is 3.99. The minimum absolute atomic E-state index is 1.24. The van der Waals surface area contributed by atoms with Crippen LogP contribution in [0.15, 0.2) is 24.3 Å². The number of rotatable bonds is 1. The van der Waals surface area contributed by atoms with E-state index in [2.05, 4.69) is 41.1 Å². The zero-order valence-corrected chi connectivity index (χ0v) is 9.89. The summed E-state index contributed by atoms with van der Waals surface area (Å²) in [6, 6.07) is 8.50. The molecule has 10 heavy (non-hydrogen) atoms. The van der Waals surface area contributed by atoms with Crippen LogP contribution < -0.4 is 3.58 Å². The molecule has 0 nitrogen and oxygen atoms in total. The molecular weight excluding hydrogens is 227 g/mol. The van der Waals surface area contributed by atoms with Crippen molar-refractivity contribution in [1.29, 1.82) is 0 Å². The van der Waals surface area contributed by atoms with Crippen LogP contribution in [0.3, 0.4) is 0 Å². The Labute approximate surface area is 70.0 Å². The van der Waals surface area contributed by atoms with Crippen molar-refractivity contribution in [3.05, 3.63) is 36.8 Å². The first-order valence-electron chi connectivity index (χ1n) is 3.62. The molecule has 0 amide bonds. The molecule has 0 fully saturated rings. The fourth-order valence-corrected chi connectivity index (χ4v) is 4.90. The second kappa shape index (κ2) is 3.42. The Balaban J connectivity index is 3.03. The van der Waals surface area contributed by atoms with Gasteiger partial charge in [-0.1, -0.05) is 0 Å². The van der Waals surface area contributed by atoms with Crippen molar-refractivity contribution in [1.82, 2.24) is 0 Å². The quantitative estimate of drug-likeness (QED) is 0.653. The van der Waals surface area contributed by atoms with E-state index in [0.29, 0.717) is 0 Å². The van der Waals surface area contributed by atoms with Crippen LogP contribution in [-0.2, 0) is 0 Å². The Hall–Kier alpha value is 0.0187. The van der Waals surface area contributed by atoms with E-state index >= 15 is 0 Å². The third-order valence-electron chi connectivity index (χ3n) is 1.68. The van der Waals surface area contributed by atoms with Gasteiger partial charge in [-0.05, 0) is 0 Å². The number of hydrogen-bond donors (Lipinski definition) is 0. The molecule has 1 aromatic carbocycles. The Kier molecular flexibility index (Phi) is 2.78. The zero-order chi connectivity index (χ0) is 7.56. The van der Waals surface area contributed by atoms with Crippen molar-refractivity contribution in [2.24, 2.45) is 0 Å². The predicted molar refractivity (Wildman–Crippen MR) is 49.4 cm³/mol. The summed E-state index contributed by atoms with van der Waals surface area (Å²) in [5.74, 6) is 0. The van der Waals surface area contributed by atoms with E-state index < -0.39 is 19.8 Å². The van der Waals surface area contributed by atoms with Gasteiger partial charge in [0.25, 0.3) is 0 Å². The van der Waals surface area contributed by atoms with Crippen LogP contribution in [0.5, 0.6) is 0 Å². The van der Waals surface area contributed by atoms with Crippen molar-refractivity contribution in [3.8, 4) is 0 Å². The van der Waals surface area contributed by atoms with Crippen molar-refractivity contribution in [2.75, 3.05) is 0 Å². The Morgan fingerprint density at radius 2 is 1.80 bits per heavy atom. The van der Waals surface area contributed by atoms with Gasteiger partial charge >= 0.3 is 70.0 Å². The molecule has 1 radical (unpaired) electrons. The van der Waals surface area contributed by atoms with Crippen LogP contribution in [0.2, 0.25) is 9.88 Å². The molecule has 0 atom stereocenters. The molecule has 0 bridgehead atoms. The molecular formula is C9H13Sn. The molecule has 1 aromatic rings. The van der Waals surface area contributed by atoms with Crippen LogP contribution in [0.4, 0.5) is 0 Å². The molecule has 0 aliphatic rings. The third-order valence-corrected chi connectivity index (χ3v) is 6.84. The topological polar surface area (TPSA) is 0 Å². The van der Waals surface area contributed by atoms with E-state index in [-0.39, 0.29) is 0 Å². The third kappa shape index (κ3) is 1.75. The Bertz CT molecular complexity index is 216. The predicted octanol–water partition coefficient (Wildman–Crippen LogP) is 1.56. The normalized spacial score (nSPS) is 10.4. The van der Waals surface area contributed by atoms with Gasteiger partial charge in [-0.2, -0.15) is 0 Å². The molecule has 0 saturated heterocycles. The van der Waals surface area contributed by atoms with Crippen LogP contribution in [0.1, 0.15) is 5.56 Å². The molecule has 0 spiro atoms. The second-order valence-electron chi connectivity index (χ2n) is 2.85. The summed E-state index contributed by atoms with van der Waals surface area (Å²) < 4.78 is 1.56. The van der Waals surface area contributed by atoms with Gasteiger partial charge in [-0.15, -0.1) is 0 Å². The summed E-state index contributed by atoms with van der Waals surface area (Å²) in [4.78, 5) is 4.79. The van der Waals surface area contributed by atoms with Crippen LogP contribution in [-0.4, -0.2) is 19.8 Å². The molecule has 0 unspecified atom stereocenters. The number of hydrogen-bond acceptors (Lipinski definition) is 0. The molecule has 0 aromatic heterocycles. The first-order chi connectivity index (χ1) is 4.72. The van der Waals surface area contributed by atoms with Gasteiger partial charge in [-0.25, -0.2) is 0 Å². The second-order valence-corrected chi connectivity index (χ2v) is 11.2. The fraction of sp³-hybridized carbons (Fsp3) is 0.222. The molecule has 0 N–H and O–H groups in total. The van der Waals surface area contributed by atoms with Crippen LogP contribution >= 0.6 is 0 Å². The summed E-state index contributed by atoms with van der Waals surface area (Å²) >= 11 is -1.26. The Morgan fingerprint density at radius 3 is 2.20 bits per heavy atom. The van der Waals surface area contributed by atoms with Gasteiger partial charge in [0.05, 0.1) is 0 Å². The van der Waals surface area contributed by atoms with Gasteiger partial charge in [0.15, 0.2) is 0 Å².